The van der Waals surface area contributed by atoms with E-state index in [0.717, 1.165) is 27.9 Å². The summed E-state index contributed by atoms with van der Waals surface area (Å²) in [4.78, 5) is 34.9. The van der Waals surface area contributed by atoms with Crippen LogP contribution in [0.4, 0.5) is 0 Å². The van der Waals surface area contributed by atoms with Gasteiger partial charge in [-0.15, -0.1) is 11.3 Å². The highest BCUT2D eigenvalue weighted by Crippen LogP contribution is 2.34. The number of hydrazone groups is 1. The Morgan fingerprint density at radius 3 is 2.75 bits per heavy atom. The molecule has 0 saturated heterocycles. The monoisotopic (exact) mass is 461 g/mol. The van der Waals surface area contributed by atoms with Gasteiger partial charge in [0.05, 0.1) is 22.4 Å². The average molecular weight is 462 g/mol. The Hall–Kier alpha value is -3.30. The van der Waals surface area contributed by atoms with Gasteiger partial charge in [-0.1, -0.05) is 53.7 Å². The number of thioether (sulfide) groups is 1. The molecule has 0 saturated carbocycles. The Bertz CT molecular complexity index is 1360. The third kappa shape index (κ3) is 4.09. The largest absolute Gasteiger partial charge is 0.355 e. The molecule has 4 heterocycles. The van der Waals surface area contributed by atoms with Crippen LogP contribution in [0.5, 0.6) is 0 Å². The molecule has 0 spiro atoms. The molecule has 7 nitrogen and oxygen atoms in total. The van der Waals surface area contributed by atoms with Crippen molar-refractivity contribution in [2.75, 3.05) is 5.75 Å². The molecule has 1 atom stereocenters. The standard InChI is InChI=1S/C23H19N5O2S2/c1-15-7-9-16(10-8-15)18-13-17(19-5-4-12-31-19)26-28(18)21(29)14-32-22-24-20-6-2-3-11-27(20)23(30)25-22/h2-12,18H,13-14H2,1H3/t18-/m0/s1. The molecule has 4 aromatic rings. The van der Waals surface area contributed by atoms with E-state index in [0.29, 0.717) is 12.1 Å². The SMILES string of the molecule is Cc1ccc([C@@H]2CC(c3cccs3)=NN2C(=O)CSc2nc(=O)n3ccccc3n2)cc1. The van der Waals surface area contributed by atoms with Gasteiger partial charge < -0.3 is 0 Å². The van der Waals surface area contributed by atoms with Crippen LogP contribution in [-0.4, -0.2) is 36.7 Å². The van der Waals surface area contributed by atoms with Gasteiger partial charge in [-0.05, 0) is 36.1 Å². The summed E-state index contributed by atoms with van der Waals surface area (Å²) < 4.78 is 1.37. The molecular weight excluding hydrogens is 442 g/mol. The minimum Gasteiger partial charge on any atom is -0.272 e. The fourth-order valence-corrected chi connectivity index (χ4v) is 4.99. The number of carbonyl (C=O) groups is 1. The summed E-state index contributed by atoms with van der Waals surface area (Å²) in [6, 6.07) is 17.3. The van der Waals surface area contributed by atoms with Gasteiger partial charge in [-0.3, -0.25) is 9.20 Å². The number of amides is 1. The van der Waals surface area contributed by atoms with Gasteiger partial charge in [0.1, 0.15) is 5.65 Å². The smallest absolute Gasteiger partial charge is 0.272 e. The lowest BCUT2D eigenvalue weighted by molar-refractivity contribution is -0.130. The Morgan fingerprint density at radius 2 is 1.97 bits per heavy atom. The number of aryl methyl sites for hydroxylation is 1. The molecular formula is C23H19N5O2S2. The number of carbonyl (C=O) groups excluding carboxylic acids is 1. The first kappa shape index (κ1) is 20.6. The highest BCUT2D eigenvalue weighted by atomic mass is 32.2. The van der Waals surface area contributed by atoms with Crippen LogP contribution in [0.1, 0.15) is 28.5 Å². The van der Waals surface area contributed by atoms with Gasteiger partial charge in [0.2, 0.25) is 0 Å². The Balaban J connectivity index is 1.39. The highest BCUT2D eigenvalue weighted by molar-refractivity contribution is 7.99. The number of rotatable bonds is 5. The van der Waals surface area contributed by atoms with Crippen molar-refractivity contribution in [1.82, 2.24) is 19.4 Å². The van der Waals surface area contributed by atoms with Crippen molar-refractivity contribution in [3.8, 4) is 0 Å². The van der Waals surface area contributed by atoms with E-state index in [-0.39, 0.29) is 22.9 Å². The molecule has 160 valence electrons. The van der Waals surface area contributed by atoms with Crippen LogP contribution in [-0.2, 0) is 4.79 Å². The van der Waals surface area contributed by atoms with Gasteiger partial charge in [-0.25, -0.2) is 14.8 Å². The molecule has 3 aromatic heterocycles. The van der Waals surface area contributed by atoms with Crippen molar-refractivity contribution < 1.29 is 4.79 Å². The molecule has 1 aromatic carbocycles. The Morgan fingerprint density at radius 1 is 1.12 bits per heavy atom. The van der Waals surface area contributed by atoms with Crippen molar-refractivity contribution in [3.63, 3.8) is 0 Å². The topological polar surface area (TPSA) is 79.9 Å². The number of aromatic nitrogens is 3. The quantitative estimate of drug-likeness (QED) is 0.421. The minimum atomic E-state index is -0.415. The fraction of sp³-hybridized carbons (Fsp3) is 0.174. The summed E-state index contributed by atoms with van der Waals surface area (Å²) in [7, 11) is 0. The van der Waals surface area contributed by atoms with E-state index in [1.807, 2.05) is 48.7 Å². The zero-order valence-electron chi connectivity index (χ0n) is 17.2. The number of fused-ring (bicyclic) bond motifs is 1. The molecule has 1 amide bonds. The second-order valence-corrected chi connectivity index (χ2v) is 9.29. The Labute approximate surface area is 192 Å². The first-order valence-corrected chi connectivity index (χ1v) is 11.9. The first-order valence-electron chi connectivity index (χ1n) is 10.1. The van der Waals surface area contributed by atoms with Crippen molar-refractivity contribution >= 4 is 40.4 Å². The molecule has 9 heteroatoms. The summed E-state index contributed by atoms with van der Waals surface area (Å²) in [5.74, 6) is -0.0598. The molecule has 0 N–H and O–H groups in total. The average Bonchev–Trinajstić information content (AvgIpc) is 3.48. The third-order valence-corrected chi connectivity index (χ3v) is 6.96. The second-order valence-electron chi connectivity index (χ2n) is 7.40. The lowest BCUT2D eigenvalue weighted by atomic mass is 10.00. The fourth-order valence-electron chi connectivity index (χ4n) is 3.58. The normalized spacial score (nSPS) is 15.8. The van der Waals surface area contributed by atoms with E-state index < -0.39 is 5.69 Å². The van der Waals surface area contributed by atoms with Gasteiger partial charge in [0, 0.05) is 12.6 Å². The van der Waals surface area contributed by atoms with Gasteiger partial charge in [-0.2, -0.15) is 10.1 Å². The zero-order valence-corrected chi connectivity index (χ0v) is 18.8. The summed E-state index contributed by atoms with van der Waals surface area (Å²) >= 11 is 2.76. The van der Waals surface area contributed by atoms with Gasteiger partial charge >= 0.3 is 5.69 Å². The molecule has 0 radical (unpaired) electrons. The molecule has 0 aliphatic carbocycles. The van der Waals surface area contributed by atoms with Crippen LogP contribution in [0, 0.1) is 6.92 Å². The summed E-state index contributed by atoms with van der Waals surface area (Å²) in [5.41, 5.74) is 3.20. The van der Waals surface area contributed by atoms with Gasteiger partial charge in [0.15, 0.2) is 5.16 Å². The molecule has 1 aliphatic heterocycles. The number of benzene rings is 1. The summed E-state index contributed by atoms with van der Waals surface area (Å²) in [6.07, 6.45) is 2.28. The third-order valence-electron chi connectivity index (χ3n) is 5.20. The van der Waals surface area contributed by atoms with E-state index >= 15 is 0 Å². The molecule has 0 unspecified atom stereocenters. The lowest BCUT2D eigenvalue weighted by Crippen LogP contribution is -2.29. The second kappa shape index (κ2) is 8.68. The predicted molar refractivity (Wildman–Crippen MR) is 126 cm³/mol. The summed E-state index contributed by atoms with van der Waals surface area (Å²) in [6.45, 7) is 2.04. The summed E-state index contributed by atoms with van der Waals surface area (Å²) in [5, 5.41) is 8.54. The van der Waals surface area contributed by atoms with E-state index in [1.54, 1.807) is 40.7 Å². The van der Waals surface area contributed by atoms with E-state index in [2.05, 4.69) is 15.1 Å². The minimum absolute atomic E-state index is 0.0893. The van der Waals surface area contributed by atoms with Crippen LogP contribution < -0.4 is 5.69 Å². The number of pyridine rings is 1. The van der Waals surface area contributed by atoms with E-state index in [4.69, 9.17) is 0 Å². The molecule has 0 bridgehead atoms. The van der Waals surface area contributed by atoms with Crippen molar-refractivity contribution in [2.45, 2.75) is 24.5 Å². The number of hydrogen-bond donors (Lipinski definition) is 0. The molecule has 32 heavy (non-hydrogen) atoms. The predicted octanol–water partition coefficient (Wildman–Crippen LogP) is 3.93. The Kier molecular flexibility index (Phi) is 5.59. The molecule has 5 rings (SSSR count). The van der Waals surface area contributed by atoms with Crippen LogP contribution in [0.3, 0.4) is 0 Å². The van der Waals surface area contributed by atoms with Gasteiger partial charge in [0.25, 0.3) is 5.91 Å². The number of hydrogen-bond acceptors (Lipinski definition) is 7. The maximum atomic E-state index is 13.2. The van der Waals surface area contributed by atoms with Crippen molar-refractivity contribution in [2.24, 2.45) is 5.10 Å². The molecule has 0 fully saturated rings. The van der Waals surface area contributed by atoms with Crippen LogP contribution >= 0.6 is 23.1 Å². The van der Waals surface area contributed by atoms with Crippen LogP contribution in [0.2, 0.25) is 0 Å². The number of thiophene rings is 1. The zero-order chi connectivity index (χ0) is 22.1. The van der Waals surface area contributed by atoms with E-state index in [9.17, 15) is 9.59 Å². The lowest BCUT2D eigenvalue weighted by Gasteiger charge is -2.22. The number of nitrogens with zero attached hydrogens (tertiary/aromatic N) is 5. The van der Waals surface area contributed by atoms with Crippen molar-refractivity contribution in [3.05, 3.63) is 92.7 Å². The highest BCUT2D eigenvalue weighted by Gasteiger charge is 2.33. The maximum absolute atomic E-state index is 13.2. The van der Waals surface area contributed by atoms with Crippen LogP contribution in [0.25, 0.3) is 5.65 Å². The first-order chi connectivity index (χ1) is 15.6. The van der Waals surface area contributed by atoms with Crippen LogP contribution in [0.15, 0.2) is 81.2 Å². The molecule has 1 aliphatic rings. The van der Waals surface area contributed by atoms with E-state index in [1.165, 1.54) is 9.96 Å². The maximum Gasteiger partial charge on any atom is 0.355 e. The van der Waals surface area contributed by atoms with Crippen molar-refractivity contribution in [1.29, 1.82) is 0 Å².